The van der Waals surface area contributed by atoms with E-state index in [1.807, 2.05) is 0 Å². The van der Waals surface area contributed by atoms with Gasteiger partial charge >= 0.3 is 5.97 Å². The summed E-state index contributed by atoms with van der Waals surface area (Å²) in [5, 5.41) is 13.9. The van der Waals surface area contributed by atoms with E-state index in [4.69, 9.17) is 21.1 Å². The lowest BCUT2D eigenvalue weighted by atomic mass is 10.3. The lowest BCUT2D eigenvalue weighted by Gasteiger charge is -2.01. The van der Waals surface area contributed by atoms with E-state index in [1.54, 1.807) is 19.1 Å². The molecular weight excluding hydrogens is 286 g/mol. The first-order valence-corrected chi connectivity index (χ1v) is 6.17. The van der Waals surface area contributed by atoms with Gasteiger partial charge in [0.15, 0.2) is 6.61 Å². The maximum Gasteiger partial charge on any atom is 0.344 e. The zero-order valence-electron chi connectivity index (χ0n) is 10.6. The summed E-state index contributed by atoms with van der Waals surface area (Å²) in [6.45, 7) is 1.69. The zero-order valence-corrected chi connectivity index (χ0v) is 11.4. The van der Waals surface area contributed by atoms with Crippen molar-refractivity contribution in [3.05, 3.63) is 29.4 Å². The molecule has 0 aliphatic rings. The predicted molar refractivity (Wildman–Crippen MR) is 69.8 cm³/mol. The Kier molecular flexibility index (Phi) is 4.41. The van der Waals surface area contributed by atoms with E-state index in [-0.39, 0.29) is 19.1 Å². The molecule has 2 aromatic heterocycles. The fraction of sp³-hybridized carbons (Fsp3) is 0.250. The standard InChI is InChI=1S/C12H12ClN3O4/c1-2-19-12(17)7-20-11-5-10(16(18)15-11)9-4-3-8(13)6-14-9/h3-6,18H,2,7H2,1H3. The molecule has 0 bridgehead atoms. The molecule has 0 unspecified atom stereocenters. The number of pyridine rings is 1. The number of carbonyl (C=O) groups excluding carboxylic acids is 1. The van der Waals surface area contributed by atoms with Crippen LogP contribution >= 0.6 is 11.6 Å². The summed E-state index contributed by atoms with van der Waals surface area (Å²) in [6.07, 6.45) is 1.45. The smallest absolute Gasteiger partial charge is 0.344 e. The largest absolute Gasteiger partial charge is 0.464 e. The molecule has 20 heavy (non-hydrogen) atoms. The molecule has 1 N–H and O–H groups in total. The van der Waals surface area contributed by atoms with Gasteiger partial charge in [-0.1, -0.05) is 21.5 Å². The number of esters is 1. The van der Waals surface area contributed by atoms with Crippen LogP contribution in [-0.2, 0) is 9.53 Å². The van der Waals surface area contributed by atoms with E-state index >= 15 is 0 Å². The van der Waals surface area contributed by atoms with Crippen LogP contribution in [0.4, 0.5) is 0 Å². The number of aromatic nitrogens is 3. The lowest BCUT2D eigenvalue weighted by Crippen LogP contribution is -2.14. The fourth-order valence-electron chi connectivity index (χ4n) is 1.46. The van der Waals surface area contributed by atoms with Crippen LogP contribution in [0.1, 0.15) is 6.92 Å². The summed E-state index contributed by atoms with van der Waals surface area (Å²) < 4.78 is 9.82. The van der Waals surface area contributed by atoms with Crippen LogP contribution in [0, 0.1) is 0 Å². The highest BCUT2D eigenvalue weighted by molar-refractivity contribution is 6.30. The predicted octanol–water partition coefficient (Wildman–Crippen LogP) is 1.78. The van der Waals surface area contributed by atoms with E-state index in [2.05, 4.69) is 10.1 Å². The Morgan fingerprint density at radius 3 is 2.95 bits per heavy atom. The van der Waals surface area contributed by atoms with E-state index in [1.165, 1.54) is 12.3 Å². The van der Waals surface area contributed by atoms with Crippen molar-refractivity contribution in [2.75, 3.05) is 13.2 Å². The third kappa shape index (κ3) is 3.39. The summed E-state index contributed by atoms with van der Waals surface area (Å²) >= 11 is 5.73. The average Bonchev–Trinajstić information content (AvgIpc) is 2.79. The highest BCUT2D eigenvalue weighted by Gasteiger charge is 2.13. The van der Waals surface area contributed by atoms with Gasteiger partial charge in [-0.25, -0.2) is 4.79 Å². The lowest BCUT2D eigenvalue weighted by molar-refractivity contribution is -0.145. The molecule has 2 aromatic rings. The van der Waals surface area contributed by atoms with Gasteiger partial charge in [0.1, 0.15) is 5.69 Å². The minimum atomic E-state index is -0.508. The maximum absolute atomic E-state index is 11.1. The number of ether oxygens (including phenoxy) is 2. The second kappa shape index (κ2) is 6.25. The SMILES string of the molecule is CCOC(=O)COc1cc(-c2ccc(Cl)cn2)n(O)n1. The Balaban J connectivity index is 2.09. The van der Waals surface area contributed by atoms with Crippen molar-refractivity contribution >= 4 is 17.6 Å². The number of hydrogen-bond donors (Lipinski definition) is 1. The summed E-state index contributed by atoms with van der Waals surface area (Å²) in [5.74, 6) is -0.418. The van der Waals surface area contributed by atoms with Gasteiger partial charge in [-0.15, -0.1) is 0 Å². The van der Waals surface area contributed by atoms with Crippen LogP contribution < -0.4 is 4.74 Å². The van der Waals surface area contributed by atoms with Gasteiger partial charge in [-0.05, 0) is 19.1 Å². The minimum absolute atomic E-state index is 0.0901. The topological polar surface area (TPSA) is 86.5 Å². The first kappa shape index (κ1) is 14.1. The van der Waals surface area contributed by atoms with Crippen LogP contribution in [0.25, 0.3) is 11.4 Å². The first-order chi connectivity index (χ1) is 9.60. The van der Waals surface area contributed by atoms with Crippen LogP contribution in [0.15, 0.2) is 24.4 Å². The van der Waals surface area contributed by atoms with Gasteiger partial charge in [0.05, 0.1) is 17.3 Å². The molecule has 0 radical (unpaired) electrons. The number of hydrogen-bond acceptors (Lipinski definition) is 6. The number of halogens is 1. The summed E-state index contributed by atoms with van der Waals surface area (Å²) in [6, 6.07) is 4.71. The Bertz CT molecular complexity index is 597. The third-order valence-corrected chi connectivity index (χ3v) is 2.53. The molecule has 0 atom stereocenters. The third-order valence-electron chi connectivity index (χ3n) is 2.30. The molecule has 0 saturated heterocycles. The normalized spacial score (nSPS) is 10.3. The number of nitrogens with zero attached hydrogens (tertiary/aromatic N) is 3. The monoisotopic (exact) mass is 297 g/mol. The second-order valence-corrected chi connectivity index (χ2v) is 4.15. The van der Waals surface area contributed by atoms with Crippen molar-refractivity contribution in [2.45, 2.75) is 6.92 Å². The molecule has 0 aliphatic carbocycles. The van der Waals surface area contributed by atoms with Gasteiger partial charge in [0.25, 0.3) is 0 Å². The summed E-state index contributed by atoms with van der Waals surface area (Å²) in [5.41, 5.74) is 0.788. The van der Waals surface area contributed by atoms with Crippen LogP contribution in [0.3, 0.4) is 0 Å². The summed E-state index contributed by atoms with van der Waals surface area (Å²) in [4.78, 5) is 15.8. The van der Waals surface area contributed by atoms with Crippen molar-refractivity contribution in [1.29, 1.82) is 0 Å². The van der Waals surface area contributed by atoms with Gasteiger partial charge in [0.2, 0.25) is 5.88 Å². The van der Waals surface area contributed by atoms with Gasteiger partial charge in [-0.3, -0.25) is 4.98 Å². The van der Waals surface area contributed by atoms with Gasteiger partial charge in [0, 0.05) is 12.3 Å². The summed E-state index contributed by atoms with van der Waals surface area (Å²) in [7, 11) is 0. The number of carbonyl (C=O) groups is 1. The second-order valence-electron chi connectivity index (χ2n) is 3.71. The Hall–Kier alpha value is -2.28. The average molecular weight is 298 g/mol. The Morgan fingerprint density at radius 2 is 2.30 bits per heavy atom. The van der Waals surface area contributed by atoms with E-state index in [9.17, 15) is 10.0 Å². The van der Waals surface area contributed by atoms with Crippen molar-refractivity contribution in [2.24, 2.45) is 0 Å². The zero-order chi connectivity index (χ0) is 14.5. The molecule has 0 amide bonds. The van der Waals surface area contributed by atoms with Crippen LogP contribution in [0.2, 0.25) is 5.02 Å². The molecule has 0 spiro atoms. The molecule has 7 nitrogen and oxygen atoms in total. The molecule has 0 fully saturated rings. The Labute approximate surface area is 119 Å². The molecule has 2 heterocycles. The van der Waals surface area contributed by atoms with Gasteiger partial charge in [-0.2, -0.15) is 0 Å². The van der Waals surface area contributed by atoms with Crippen molar-refractivity contribution in [1.82, 2.24) is 14.9 Å². The van der Waals surface area contributed by atoms with Crippen LogP contribution in [-0.4, -0.2) is 39.3 Å². The Morgan fingerprint density at radius 1 is 1.50 bits per heavy atom. The fourth-order valence-corrected chi connectivity index (χ4v) is 1.57. The molecule has 0 aliphatic heterocycles. The first-order valence-electron chi connectivity index (χ1n) is 5.80. The van der Waals surface area contributed by atoms with Gasteiger partial charge < -0.3 is 14.7 Å². The molecular formula is C12H12ClN3O4. The minimum Gasteiger partial charge on any atom is -0.464 e. The molecule has 0 aromatic carbocycles. The van der Waals surface area contributed by atoms with E-state index < -0.39 is 5.97 Å². The molecule has 2 rings (SSSR count). The highest BCUT2D eigenvalue weighted by atomic mass is 35.5. The number of rotatable bonds is 5. The molecule has 8 heteroatoms. The molecule has 106 valence electrons. The van der Waals surface area contributed by atoms with E-state index in [0.29, 0.717) is 21.3 Å². The van der Waals surface area contributed by atoms with E-state index in [0.717, 1.165) is 0 Å². The maximum atomic E-state index is 11.1. The molecule has 0 saturated carbocycles. The van der Waals surface area contributed by atoms with Crippen molar-refractivity contribution < 1.29 is 19.5 Å². The van der Waals surface area contributed by atoms with Crippen molar-refractivity contribution in [3.63, 3.8) is 0 Å². The van der Waals surface area contributed by atoms with Crippen molar-refractivity contribution in [3.8, 4) is 17.3 Å². The highest BCUT2D eigenvalue weighted by Crippen LogP contribution is 2.22. The quantitative estimate of drug-likeness (QED) is 0.668. The van der Waals surface area contributed by atoms with Crippen LogP contribution in [0.5, 0.6) is 5.88 Å².